The molecule has 0 aliphatic heterocycles. The maximum Gasteiger partial charge on any atom is 0.408 e. The molecule has 0 saturated heterocycles. The number of nitrogens with zero attached hydrogens (tertiary/aromatic N) is 1. The van der Waals surface area contributed by atoms with Crippen molar-refractivity contribution in [2.24, 2.45) is 0 Å². The Morgan fingerprint density at radius 3 is 2.13 bits per heavy atom. The summed E-state index contributed by atoms with van der Waals surface area (Å²) >= 11 is 0. The average Bonchev–Trinajstić information content (AvgIpc) is 2.67. The number of hydrogen-bond donors (Lipinski definition) is 2. The number of carbonyl (C=O) groups is 4. The first-order valence-electron chi connectivity index (χ1n) is 9.66. The summed E-state index contributed by atoms with van der Waals surface area (Å²) in [5.41, 5.74) is 0.874. The van der Waals surface area contributed by atoms with Crippen molar-refractivity contribution in [3.05, 3.63) is 35.4 Å². The molecule has 0 radical (unpaired) electrons. The summed E-state index contributed by atoms with van der Waals surface area (Å²) in [4.78, 5) is 50.3. The van der Waals surface area contributed by atoms with Gasteiger partial charge in [0.15, 0.2) is 0 Å². The molecule has 0 aliphatic rings. The highest BCUT2D eigenvalue weighted by molar-refractivity contribution is 5.91. The van der Waals surface area contributed by atoms with Crippen LogP contribution in [0.2, 0.25) is 0 Å². The summed E-state index contributed by atoms with van der Waals surface area (Å²) < 4.78 is 9.68. The quantitative estimate of drug-likeness (QED) is 0.618. The predicted molar refractivity (Wildman–Crippen MR) is 111 cm³/mol. The number of esters is 1. The number of methoxy groups -OCH3 is 1. The van der Waals surface area contributed by atoms with E-state index in [0.717, 1.165) is 5.56 Å². The van der Waals surface area contributed by atoms with Crippen molar-refractivity contribution in [2.75, 3.05) is 26.7 Å². The number of nitrogens with one attached hydrogen (secondary N) is 2. The molecule has 0 spiro atoms. The van der Waals surface area contributed by atoms with E-state index in [1.165, 1.54) is 12.0 Å². The van der Waals surface area contributed by atoms with Crippen LogP contribution in [0.4, 0.5) is 4.79 Å². The maximum absolute atomic E-state index is 12.9. The van der Waals surface area contributed by atoms with Crippen LogP contribution in [0.25, 0.3) is 0 Å². The Morgan fingerprint density at radius 1 is 1.03 bits per heavy atom. The Bertz CT molecular complexity index is 755. The van der Waals surface area contributed by atoms with Gasteiger partial charge in [-0.1, -0.05) is 29.8 Å². The van der Waals surface area contributed by atoms with Gasteiger partial charge in [-0.05, 0) is 40.2 Å². The van der Waals surface area contributed by atoms with Gasteiger partial charge in [-0.15, -0.1) is 0 Å². The van der Waals surface area contributed by atoms with Crippen LogP contribution in [0.5, 0.6) is 0 Å². The molecule has 2 N–H and O–H groups in total. The Balaban J connectivity index is 3.02. The van der Waals surface area contributed by atoms with Crippen molar-refractivity contribution < 1.29 is 28.7 Å². The summed E-state index contributed by atoms with van der Waals surface area (Å²) in [6, 6.07) is 6.16. The molecule has 1 aromatic rings. The molecule has 3 amide bonds. The third-order valence-electron chi connectivity index (χ3n) is 4.03. The highest BCUT2D eigenvalue weighted by atomic mass is 16.6. The second-order valence-electron chi connectivity index (χ2n) is 7.64. The minimum atomic E-state index is -0.979. The lowest BCUT2D eigenvalue weighted by atomic mass is 10.0. The number of amides is 3. The van der Waals surface area contributed by atoms with Crippen LogP contribution < -0.4 is 10.6 Å². The summed E-state index contributed by atoms with van der Waals surface area (Å²) in [5, 5.41) is 4.90. The summed E-state index contributed by atoms with van der Waals surface area (Å²) in [7, 11) is 1.22. The molecule has 0 bridgehead atoms. The molecule has 1 aromatic carbocycles. The second kappa shape index (κ2) is 11.2. The molecular weight excluding hydrogens is 390 g/mol. The first-order valence-corrected chi connectivity index (χ1v) is 9.66. The van der Waals surface area contributed by atoms with Gasteiger partial charge in [-0.3, -0.25) is 14.4 Å². The fourth-order valence-electron chi connectivity index (χ4n) is 2.62. The molecule has 166 valence electrons. The zero-order valence-corrected chi connectivity index (χ0v) is 18.4. The van der Waals surface area contributed by atoms with Gasteiger partial charge in [0.05, 0.1) is 7.11 Å². The van der Waals surface area contributed by atoms with E-state index in [4.69, 9.17) is 4.74 Å². The van der Waals surface area contributed by atoms with E-state index in [1.54, 1.807) is 39.8 Å². The van der Waals surface area contributed by atoms with Crippen LogP contribution in [-0.4, -0.2) is 61.1 Å². The topological polar surface area (TPSA) is 114 Å². The number of likely N-dealkylation sites (N-methyl/N-ethyl adjacent to an activating group) is 1. The molecule has 1 unspecified atom stereocenters. The Labute approximate surface area is 177 Å². The van der Waals surface area contributed by atoms with Crippen LogP contribution in [0, 0.1) is 6.92 Å². The van der Waals surface area contributed by atoms with Gasteiger partial charge in [0.2, 0.25) is 11.8 Å². The minimum absolute atomic E-state index is 0.207. The number of benzene rings is 1. The van der Waals surface area contributed by atoms with Crippen molar-refractivity contribution in [3.63, 3.8) is 0 Å². The van der Waals surface area contributed by atoms with Crippen LogP contribution in [-0.2, 0) is 23.9 Å². The highest BCUT2D eigenvalue weighted by Gasteiger charge is 2.31. The van der Waals surface area contributed by atoms with Crippen molar-refractivity contribution in [2.45, 2.75) is 46.3 Å². The summed E-state index contributed by atoms with van der Waals surface area (Å²) in [5.74, 6) is -1.61. The lowest BCUT2D eigenvalue weighted by Crippen LogP contribution is -2.48. The number of hydrogen-bond acceptors (Lipinski definition) is 6. The molecule has 9 nitrogen and oxygen atoms in total. The number of carbonyl (C=O) groups excluding carboxylic acids is 4. The SMILES string of the molecule is CCN(C(=O)CNC(=O)OC(C)(C)C)C(C(=O)NCC(=O)OC)c1ccc(C)cc1. The van der Waals surface area contributed by atoms with Gasteiger partial charge in [0.25, 0.3) is 0 Å². The van der Waals surface area contributed by atoms with Gasteiger partial charge < -0.3 is 25.0 Å². The van der Waals surface area contributed by atoms with Crippen LogP contribution in [0.1, 0.15) is 44.9 Å². The van der Waals surface area contributed by atoms with Crippen molar-refractivity contribution >= 4 is 23.9 Å². The zero-order chi connectivity index (χ0) is 22.9. The van der Waals surface area contributed by atoms with Crippen molar-refractivity contribution in [3.8, 4) is 0 Å². The van der Waals surface area contributed by atoms with Gasteiger partial charge in [0.1, 0.15) is 24.7 Å². The number of aryl methyl sites for hydroxylation is 1. The molecule has 0 aliphatic carbocycles. The second-order valence-corrected chi connectivity index (χ2v) is 7.64. The molecule has 9 heteroatoms. The fourth-order valence-corrected chi connectivity index (χ4v) is 2.62. The molecule has 30 heavy (non-hydrogen) atoms. The Hall–Kier alpha value is -3.10. The Kier molecular flexibility index (Phi) is 9.29. The van der Waals surface area contributed by atoms with E-state index in [2.05, 4.69) is 15.4 Å². The molecule has 0 saturated carbocycles. The molecule has 0 aromatic heterocycles. The van der Waals surface area contributed by atoms with Gasteiger partial charge in [-0.25, -0.2) is 4.79 Å². The molecule has 1 atom stereocenters. The molecule has 0 heterocycles. The van der Waals surface area contributed by atoms with E-state index in [-0.39, 0.29) is 19.6 Å². The van der Waals surface area contributed by atoms with E-state index >= 15 is 0 Å². The summed E-state index contributed by atoms with van der Waals surface area (Å²) in [6.07, 6.45) is -0.728. The van der Waals surface area contributed by atoms with Crippen LogP contribution in [0.15, 0.2) is 24.3 Å². The predicted octanol–water partition coefficient (Wildman–Crippen LogP) is 1.70. The first-order chi connectivity index (χ1) is 14.0. The molecule has 0 fully saturated rings. The lowest BCUT2D eigenvalue weighted by molar-refractivity contribution is -0.143. The van der Waals surface area contributed by atoms with Crippen molar-refractivity contribution in [1.82, 2.24) is 15.5 Å². The third kappa shape index (κ3) is 8.10. The largest absolute Gasteiger partial charge is 0.468 e. The summed E-state index contributed by atoms with van der Waals surface area (Å²) in [6.45, 7) is 8.32. The fraction of sp³-hybridized carbons (Fsp3) is 0.524. The normalized spacial score (nSPS) is 11.8. The van der Waals surface area contributed by atoms with E-state index in [9.17, 15) is 19.2 Å². The number of ether oxygens (including phenoxy) is 2. The van der Waals surface area contributed by atoms with E-state index < -0.39 is 35.5 Å². The molecule has 1 rings (SSSR count). The zero-order valence-electron chi connectivity index (χ0n) is 18.4. The van der Waals surface area contributed by atoms with E-state index in [0.29, 0.717) is 5.56 Å². The highest BCUT2D eigenvalue weighted by Crippen LogP contribution is 2.22. The molecular formula is C21H31N3O6. The third-order valence-corrected chi connectivity index (χ3v) is 4.03. The van der Waals surface area contributed by atoms with Gasteiger partial charge in [-0.2, -0.15) is 0 Å². The first kappa shape index (κ1) is 24.9. The lowest BCUT2D eigenvalue weighted by Gasteiger charge is -2.30. The van der Waals surface area contributed by atoms with Crippen molar-refractivity contribution in [1.29, 1.82) is 0 Å². The number of alkyl carbamates (subject to hydrolysis) is 1. The number of rotatable bonds is 8. The standard InChI is InChI=1S/C21H31N3O6/c1-7-24(16(25)12-23-20(28)30-21(3,4)5)18(15-10-8-14(2)9-11-15)19(27)22-13-17(26)29-6/h8-11,18H,7,12-13H2,1-6H3,(H,22,27)(H,23,28). The van der Waals surface area contributed by atoms with Crippen LogP contribution in [0.3, 0.4) is 0 Å². The minimum Gasteiger partial charge on any atom is -0.468 e. The van der Waals surface area contributed by atoms with E-state index in [1.807, 2.05) is 19.1 Å². The van der Waals surface area contributed by atoms with Gasteiger partial charge in [0, 0.05) is 6.54 Å². The maximum atomic E-state index is 12.9. The Morgan fingerprint density at radius 2 is 1.63 bits per heavy atom. The monoisotopic (exact) mass is 421 g/mol. The average molecular weight is 421 g/mol. The van der Waals surface area contributed by atoms with Gasteiger partial charge >= 0.3 is 12.1 Å². The smallest absolute Gasteiger partial charge is 0.408 e. The van der Waals surface area contributed by atoms with Crippen LogP contribution >= 0.6 is 0 Å².